The van der Waals surface area contributed by atoms with E-state index in [1.165, 1.54) is 7.11 Å². The number of rotatable bonds is 10. The number of benzene rings is 1. The molecule has 0 aromatic heterocycles. The van der Waals surface area contributed by atoms with Gasteiger partial charge in [-0.25, -0.2) is 0 Å². The molecule has 0 saturated heterocycles. The zero-order valence-corrected chi connectivity index (χ0v) is 18.8. The molecule has 1 heterocycles. The fraction of sp³-hybridized carbons (Fsp3) is 0.409. The maximum Gasteiger partial charge on any atom is 0.319 e. The molecule has 0 saturated carbocycles. The summed E-state index contributed by atoms with van der Waals surface area (Å²) in [5, 5.41) is 12.6. The maximum absolute atomic E-state index is 12.8. The van der Waals surface area contributed by atoms with E-state index in [4.69, 9.17) is 14.2 Å². The molecular weight excluding hydrogens is 436 g/mol. The van der Waals surface area contributed by atoms with Gasteiger partial charge in [-0.05, 0) is 31.5 Å². The van der Waals surface area contributed by atoms with Crippen molar-refractivity contribution in [3.8, 4) is 11.8 Å². The molecule has 0 spiro atoms. The topological polar surface area (TPSA) is 132 Å². The van der Waals surface area contributed by atoms with E-state index in [0.717, 1.165) is 11.8 Å². The molecule has 0 aliphatic carbocycles. The molecule has 1 amide bonds. The van der Waals surface area contributed by atoms with Gasteiger partial charge in [0, 0.05) is 5.92 Å². The average molecular weight is 461 g/mol. The van der Waals surface area contributed by atoms with Gasteiger partial charge in [-0.1, -0.05) is 23.9 Å². The van der Waals surface area contributed by atoms with E-state index in [-0.39, 0.29) is 23.0 Å². The van der Waals surface area contributed by atoms with E-state index < -0.39 is 41.9 Å². The number of methoxy groups -OCH3 is 1. The number of hydrogen-bond acceptors (Lipinski definition) is 9. The van der Waals surface area contributed by atoms with Gasteiger partial charge in [0.2, 0.25) is 5.91 Å². The third kappa shape index (κ3) is 6.11. The van der Waals surface area contributed by atoms with Crippen LogP contribution in [0.15, 0.2) is 34.9 Å². The molecule has 9 nitrogen and oxygen atoms in total. The van der Waals surface area contributed by atoms with Crippen molar-refractivity contribution >= 4 is 35.4 Å². The van der Waals surface area contributed by atoms with Gasteiger partial charge in [0.1, 0.15) is 18.1 Å². The van der Waals surface area contributed by atoms with Crippen LogP contribution in [0.3, 0.4) is 0 Å². The smallest absolute Gasteiger partial charge is 0.319 e. The lowest BCUT2D eigenvalue weighted by atomic mass is 9.78. The molecule has 1 aromatic rings. The van der Waals surface area contributed by atoms with Crippen molar-refractivity contribution in [1.29, 1.82) is 5.26 Å². The number of amides is 1. The number of carbonyl (C=O) groups excluding carboxylic acids is 4. The molecule has 2 unspecified atom stereocenters. The minimum absolute atomic E-state index is 0.123. The van der Waals surface area contributed by atoms with Crippen molar-refractivity contribution in [3.05, 3.63) is 40.4 Å². The highest BCUT2D eigenvalue weighted by molar-refractivity contribution is 8.03. The summed E-state index contributed by atoms with van der Waals surface area (Å²) in [4.78, 5) is 48.8. The van der Waals surface area contributed by atoms with Crippen LogP contribution in [-0.4, -0.2) is 49.7 Å². The van der Waals surface area contributed by atoms with Gasteiger partial charge >= 0.3 is 11.9 Å². The van der Waals surface area contributed by atoms with Gasteiger partial charge in [-0.2, -0.15) is 5.26 Å². The number of carbonyl (C=O) groups is 4. The molecule has 1 N–H and O–H groups in total. The summed E-state index contributed by atoms with van der Waals surface area (Å²) in [5.41, 5.74) is 0.671. The highest BCUT2D eigenvalue weighted by Gasteiger charge is 2.44. The second kappa shape index (κ2) is 11.9. The zero-order valence-electron chi connectivity index (χ0n) is 18.0. The average Bonchev–Trinajstić information content (AvgIpc) is 2.77. The number of allylic oxidation sites excluding steroid dienone is 1. The molecule has 170 valence electrons. The summed E-state index contributed by atoms with van der Waals surface area (Å²) in [7, 11) is 1.17. The van der Waals surface area contributed by atoms with Crippen LogP contribution >= 0.6 is 11.8 Å². The predicted molar refractivity (Wildman–Crippen MR) is 115 cm³/mol. The monoisotopic (exact) mass is 460 g/mol. The first-order valence-electron chi connectivity index (χ1n) is 9.92. The largest absolute Gasteiger partial charge is 0.494 e. The molecule has 32 heavy (non-hydrogen) atoms. The minimum Gasteiger partial charge on any atom is -0.494 e. The van der Waals surface area contributed by atoms with E-state index in [0.29, 0.717) is 17.9 Å². The molecule has 0 bridgehead atoms. The summed E-state index contributed by atoms with van der Waals surface area (Å²) >= 11 is 0.924. The normalized spacial score (nSPS) is 17.8. The number of thioether (sulfide) groups is 1. The fourth-order valence-corrected chi connectivity index (χ4v) is 4.10. The van der Waals surface area contributed by atoms with Crippen LogP contribution in [-0.2, 0) is 28.7 Å². The van der Waals surface area contributed by atoms with Crippen molar-refractivity contribution in [2.45, 2.75) is 26.2 Å². The number of esters is 2. The number of nitriles is 1. The Hall–Kier alpha value is -3.32. The van der Waals surface area contributed by atoms with Crippen LogP contribution in [0.1, 0.15) is 31.7 Å². The minimum atomic E-state index is -1.27. The molecule has 0 radical (unpaired) electrons. The maximum atomic E-state index is 12.8. The first-order valence-corrected chi connectivity index (χ1v) is 10.9. The lowest BCUT2D eigenvalue weighted by Crippen LogP contribution is -2.44. The Kier molecular flexibility index (Phi) is 9.28. The van der Waals surface area contributed by atoms with Gasteiger partial charge in [-0.15, -0.1) is 0 Å². The van der Waals surface area contributed by atoms with Gasteiger partial charge in [0.25, 0.3) is 0 Å². The van der Waals surface area contributed by atoms with Gasteiger partial charge < -0.3 is 19.5 Å². The highest BCUT2D eigenvalue weighted by atomic mass is 32.2. The number of nitrogens with one attached hydrogen (secondary N) is 1. The molecule has 2 atom stereocenters. The molecule has 10 heteroatoms. The Balaban J connectivity index is 2.37. The van der Waals surface area contributed by atoms with Gasteiger partial charge in [0.15, 0.2) is 5.78 Å². The number of hydrogen-bond donors (Lipinski definition) is 1. The third-order valence-corrected chi connectivity index (χ3v) is 5.64. The SMILES string of the molecule is CCOC(=O)CC(=O)CSC1=C(C#N)C(c2ccc(OCC)cc2)C(C(=O)OC)C(=O)N1. The summed E-state index contributed by atoms with van der Waals surface area (Å²) in [6.07, 6.45) is -0.406. The Morgan fingerprint density at radius 3 is 2.41 bits per heavy atom. The van der Waals surface area contributed by atoms with Crippen molar-refractivity contribution in [2.24, 2.45) is 5.92 Å². The van der Waals surface area contributed by atoms with E-state index in [1.807, 2.05) is 6.92 Å². The summed E-state index contributed by atoms with van der Waals surface area (Å²) in [6, 6.07) is 8.78. The van der Waals surface area contributed by atoms with Crippen LogP contribution < -0.4 is 10.1 Å². The Bertz CT molecular complexity index is 950. The molecule has 0 fully saturated rings. The predicted octanol–water partition coefficient (Wildman–Crippen LogP) is 2.08. The Labute approximate surface area is 190 Å². The van der Waals surface area contributed by atoms with E-state index in [9.17, 15) is 24.4 Å². The van der Waals surface area contributed by atoms with E-state index in [2.05, 4.69) is 11.4 Å². The summed E-state index contributed by atoms with van der Waals surface area (Å²) in [5.74, 6) is -4.21. The zero-order chi connectivity index (χ0) is 23.7. The summed E-state index contributed by atoms with van der Waals surface area (Å²) < 4.78 is 15.0. The number of nitrogens with zero attached hydrogens (tertiary/aromatic N) is 1. The van der Waals surface area contributed by atoms with Crippen molar-refractivity contribution in [2.75, 3.05) is 26.1 Å². The third-order valence-electron chi connectivity index (χ3n) is 4.56. The number of ether oxygens (including phenoxy) is 3. The fourth-order valence-electron chi connectivity index (χ4n) is 3.19. The molecule has 1 aliphatic rings. The molecule has 1 aliphatic heterocycles. The standard InChI is InChI=1S/C22H24N2O7S/c1-4-30-15-8-6-13(7-9-15)18-16(11-23)21(24-20(27)19(18)22(28)29-3)32-12-14(25)10-17(26)31-5-2/h6-9,18-19H,4-5,10,12H2,1-3H3,(H,24,27). The Morgan fingerprint density at radius 2 is 1.84 bits per heavy atom. The second-order valence-corrected chi connectivity index (χ2v) is 7.62. The van der Waals surface area contributed by atoms with Crippen molar-refractivity contribution in [1.82, 2.24) is 5.32 Å². The summed E-state index contributed by atoms with van der Waals surface area (Å²) in [6.45, 7) is 4.12. The van der Waals surface area contributed by atoms with Gasteiger partial charge in [0.05, 0.1) is 42.7 Å². The lowest BCUT2D eigenvalue weighted by Gasteiger charge is -2.31. The Morgan fingerprint density at radius 1 is 1.16 bits per heavy atom. The van der Waals surface area contributed by atoms with Crippen molar-refractivity contribution < 1.29 is 33.4 Å². The highest BCUT2D eigenvalue weighted by Crippen LogP contribution is 2.40. The van der Waals surface area contributed by atoms with Crippen LogP contribution in [0, 0.1) is 17.2 Å². The van der Waals surface area contributed by atoms with E-state index >= 15 is 0 Å². The van der Waals surface area contributed by atoms with Crippen molar-refractivity contribution in [3.63, 3.8) is 0 Å². The molecule has 1 aromatic carbocycles. The first-order chi connectivity index (χ1) is 15.4. The second-order valence-electron chi connectivity index (χ2n) is 6.63. The molecular formula is C22H24N2O7S. The molecule has 2 rings (SSSR count). The van der Waals surface area contributed by atoms with E-state index in [1.54, 1.807) is 31.2 Å². The van der Waals surface area contributed by atoms with Crippen LogP contribution in [0.5, 0.6) is 5.75 Å². The first kappa shape index (κ1) is 24.9. The van der Waals surface area contributed by atoms with Crippen LogP contribution in [0.25, 0.3) is 0 Å². The van der Waals surface area contributed by atoms with Crippen LogP contribution in [0.4, 0.5) is 0 Å². The van der Waals surface area contributed by atoms with Gasteiger partial charge in [-0.3, -0.25) is 19.2 Å². The lowest BCUT2D eigenvalue weighted by molar-refractivity contribution is -0.151. The van der Waals surface area contributed by atoms with Crippen LogP contribution in [0.2, 0.25) is 0 Å². The quantitative estimate of drug-likeness (QED) is 0.412. The number of ketones is 1. The number of Topliss-reactive ketones (excluding diaryl/α,β-unsaturated/α-hetero) is 1.